The van der Waals surface area contributed by atoms with Gasteiger partial charge >= 0.3 is 21.2 Å². The summed E-state index contributed by atoms with van der Waals surface area (Å²) in [6.45, 7) is 3.24. The van der Waals surface area contributed by atoms with E-state index < -0.39 is 15.2 Å². The third-order valence-electron chi connectivity index (χ3n) is 6.91. The molecule has 4 atom stereocenters. The number of carbonyl (C=O) groups excluding carboxylic acids is 1. The summed E-state index contributed by atoms with van der Waals surface area (Å²) in [5.41, 5.74) is 0. The third kappa shape index (κ3) is 18.8. The monoisotopic (exact) mass is 612 g/mol. The first kappa shape index (κ1) is 39.5. The first-order valence-corrected chi connectivity index (χ1v) is 18.3. The van der Waals surface area contributed by atoms with E-state index in [-0.39, 0.29) is 38.4 Å². The lowest BCUT2D eigenvalue weighted by Gasteiger charge is -2.09. The summed E-state index contributed by atoms with van der Waals surface area (Å²) in [7, 11) is -2.95. The SMILES string of the molecule is C.CCCCCCCC/C=C\CCCCCCCC(=O)OCC1COP(=O)(OC)C1.COP1(=O)CC(CO)CO1. The van der Waals surface area contributed by atoms with E-state index in [0.29, 0.717) is 32.0 Å². The number of hydrogen-bond acceptors (Lipinski definition) is 9. The lowest BCUT2D eigenvalue weighted by atomic mass is 10.1. The van der Waals surface area contributed by atoms with Crippen molar-refractivity contribution in [1.29, 1.82) is 0 Å². The highest BCUT2D eigenvalue weighted by Gasteiger charge is 2.36. The second-order valence-corrected chi connectivity index (χ2v) is 14.9. The molecule has 0 aliphatic carbocycles. The highest BCUT2D eigenvalue weighted by atomic mass is 31.2. The van der Waals surface area contributed by atoms with Crippen LogP contribution in [0.25, 0.3) is 0 Å². The molecule has 0 aromatic rings. The van der Waals surface area contributed by atoms with Gasteiger partial charge in [-0.2, -0.15) is 0 Å². The van der Waals surface area contributed by atoms with E-state index in [1.807, 2.05) is 0 Å². The molecule has 2 aliphatic rings. The molecule has 0 radical (unpaired) electrons. The maximum absolute atomic E-state index is 11.9. The smallest absolute Gasteiger partial charge is 0.330 e. The van der Waals surface area contributed by atoms with E-state index in [2.05, 4.69) is 23.6 Å². The summed E-state index contributed by atoms with van der Waals surface area (Å²) in [6, 6.07) is 0. The molecule has 2 rings (SSSR count). The fourth-order valence-electron chi connectivity index (χ4n) is 4.37. The molecule has 2 saturated heterocycles. The maximum atomic E-state index is 11.9. The van der Waals surface area contributed by atoms with Crippen LogP contribution in [0.1, 0.15) is 104 Å². The molecule has 9 nitrogen and oxygen atoms in total. The van der Waals surface area contributed by atoms with Crippen LogP contribution in [0.5, 0.6) is 0 Å². The van der Waals surface area contributed by atoms with Crippen LogP contribution in [0.3, 0.4) is 0 Å². The molecule has 0 aromatic heterocycles. The van der Waals surface area contributed by atoms with E-state index >= 15 is 0 Å². The minimum atomic E-state index is -2.92. The van der Waals surface area contributed by atoms with Crippen LogP contribution in [-0.2, 0) is 36.8 Å². The molecule has 11 heteroatoms. The van der Waals surface area contributed by atoms with Crippen LogP contribution >= 0.6 is 15.2 Å². The largest absolute Gasteiger partial charge is 0.465 e. The van der Waals surface area contributed by atoms with Crippen molar-refractivity contribution in [3.63, 3.8) is 0 Å². The van der Waals surface area contributed by atoms with Crippen molar-refractivity contribution in [2.45, 2.75) is 104 Å². The van der Waals surface area contributed by atoms with Crippen molar-refractivity contribution < 1.29 is 41.9 Å². The van der Waals surface area contributed by atoms with Crippen molar-refractivity contribution >= 4 is 21.2 Å². The summed E-state index contributed by atoms with van der Waals surface area (Å²) in [6.07, 6.45) is 22.0. The van der Waals surface area contributed by atoms with Crippen molar-refractivity contribution in [2.24, 2.45) is 11.8 Å². The van der Waals surface area contributed by atoms with Gasteiger partial charge < -0.3 is 27.9 Å². The highest BCUT2D eigenvalue weighted by Crippen LogP contribution is 2.54. The maximum Gasteiger partial charge on any atom is 0.330 e. The summed E-state index contributed by atoms with van der Waals surface area (Å²) in [5, 5.41) is 8.64. The lowest BCUT2D eigenvalue weighted by molar-refractivity contribution is -0.145. The Morgan fingerprint density at radius 2 is 1.27 bits per heavy atom. The van der Waals surface area contributed by atoms with Gasteiger partial charge in [0.25, 0.3) is 0 Å². The van der Waals surface area contributed by atoms with Crippen LogP contribution in [-0.4, -0.2) is 64.0 Å². The summed E-state index contributed by atoms with van der Waals surface area (Å²) in [5.74, 6) is -0.189. The van der Waals surface area contributed by atoms with Crippen molar-refractivity contribution in [1.82, 2.24) is 0 Å². The van der Waals surface area contributed by atoms with Crippen LogP contribution < -0.4 is 0 Å². The van der Waals surface area contributed by atoms with E-state index in [4.69, 9.17) is 23.4 Å². The highest BCUT2D eigenvalue weighted by molar-refractivity contribution is 7.54. The van der Waals surface area contributed by atoms with Gasteiger partial charge in [-0.3, -0.25) is 13.9 Å². The second-order valence-electron chi connectivity index (χ2n) is 10.5. The van der Waals surface area contributed by atoms with Crippen molar-refractivity contribution in [2.75, 3.05) is 53.0 Å². The number of aliphatic hydroxyl groups is 1. The Bertz CT molecular complexity index is 760. The standard InChI is InChI=1S/C23H43O5P.C5H11O4P.CH4/c1-3-4-5-6-7-8-9-10-11-12-13-14-15-16-17-18-23(24)27-19-22-20-28-29(25,21-22)26-2;1-8-10(7)4-5(2-6)3-9-10;/h10-11,22H,3-9,12-21H2,1-2H3;5-6H,2-4H2,1H3;1H4/b11-10-;;. The number of rotatable bonds is 20. The molecule has 0 bridgehead atoms. The zero-order valence-electron chi connectivity index (χ0n) is 24.6. The average molecular weight is 613 g/mol. The van der Waals surface area contributed by atoms with E-state index in [9.17, 15) is 13.9 Å². The van der Waals surface area contributed by atoms with E-state index in [1.54, 1.807) is 0 Å². The lowest BCUT2D eigenvalue weighted by Crippen LogP contribution is -2.16. The predicted molar refractivity (Wildman–Crippen MR) is 162 cm³/mol. The Labute approximate surface area is 244 Å². The number of hydrogen-bond donors (Lipinski definition) is 1. The number of carbonyl (C=O) groups is 1. The molecule has 4 unspecified atom stereocenters. The molecule has 1 N–H and O–H groups in total. The zero-order chi connectivity index (χ0) is 28.8. The van der Waals surface area contributed by atoms with Crippen LogP contribution in [0.2, 0.25) is 0 Å². The summed E-state index contributed by atoms with van der Waals surface area (Å²) in [4.78, 5) is 11.8. The number of allylic oxidation sites excluding steroid dienone is 2. The van der Waals surface area contributed by atoms with Gasteiger partial charge in [0.2, 0.25) is 0 Å². The molecule has 0 spiro atoms. The van der Waals surface area contributed by atoms with Crippen LogP contribution in [0.4, 0.5) is 0 Å². The van der Waals surface area contributed by atoms with E-state index in [0.717, 1.165) is 12.8 Å². The van der Waals surface area contributed by atoms with Crippen molar-refractivity contribution in [3.05, 3.63) is 12.2 Å². The first-order chi connectivity index (χ1) is 18.8. The number of esters is 1. The van der Waals surface area contributed by atoms with Gasteiger partial charge in [-0.25, -0.2) is 0 Å². The molecule has 0 amide bonds. The average Bonchev–Trinajstić information content (AvgIpc) is 3.53. The molecule has 2 aliphatic heterocycles. The normalized spacial score (nSPS) is 25.9. The molecule has 0 saturated carbocycles. The minimum Gasteiger partial charge on any atom is -0.465 e. The van der Waals surface area contributed by atoms with Gasteiger partial charge in [-0.1, -0.05) is 77.9 Å². The van der Waals surface area contributed by atoms with Gasteiger partial charge in [0, 0.05) is 39.1 Å². The summed E-state index contributed by atoms with van der Waals surface area (Å²) < 4.78 is 47.9. The van der Waals surface area contributed by atoms with Gasteiger partial charge in [0.1, 0.15) is 0 Å². The Morgan fingerprint density at radius 1 is 0.800 bits per heavy atom. The predicted octanol–water partition coefficient (Wildman–Crippen LogP) is 8.15. The summed E-state index contributed by atoms with van der Waals surface area (Å²) >= 11 is 0. The van der Waals surface area contributed by atoms with Gasteiger partial charge in [0.15, 0.2) is 0 Å². The van der Waals surface area contributed by atoms with Gasteiger partial charge in [-0.15, -0.1) is 0 Å². The zero-order valence-corrected chi connectivity index (χ0v) is 26.3. The number of aliphatic hydroxyl groups excluding tert-OH is 1. The quantitative estimate of drug-likeness (QED) is 0.0629. The molecular formula is C29H58O9P2. The Hall–Kier alpha value is -0.530. The van der Waals surface area contributed by atoms with Crippen LogP contribution in [0.15, 0.2) is 12.2 Å². The third-order valence-corrected chi connectivity index (χ3v) is 11.0. The second kappa shape index (κ2) is 24.0. The van der Waals surface area contributed by atoms with Crippen LogP contribution in [0, 0.1) is 11.8 Å². The van der Waals surface area contributed by atoms with E-state index in [1.165, 1.54) is 84.8 Å². The van der Waals surface area contributed by atoms with Gasteiger partial charge in [0.05, 0.1) is 32.1 Å². The number of ether oxygens (including phenoxy) is 1. The Kier molecular flexibility index (Phi) is 23.7. The fraction of sp³-hybridized carbons (Fsp3) is 0.897. The van der Waals surface area contributed by atoms with Crippen molar-refractivity contribution in [3.8, 4) is 0 Å². The minimum absolute atomic E-state index is 0. The molecule has 0 aromatic carbocycles. The fourth-order valence-corrected chi connectivity index (χ4v) is 7.66. The molecule has 238 valence electrons. The molecule has 2 fully saturated rings. The Balaban J connectivity index is 0.00000116. The topological polar surface area (TPSA) is 118 Å². The number of unbranched alkanes of at least 4 members (excludes halogenated alkanes) is 11. The first-order valence-electron chi connectivity index (χ1n) is 14.8. The molecule has 40 heavy (non-hydrogen) atoms. The molecular weight excluding hydrogens is 554 g/mol. The van der Waals surface area contributed by atoms with Gasteiger partial charge in [-0.05, 0) is 32.1 Å². The molecule has 2 heterocycles. The Morgan fingerprint density at radius 3 is 1.75 bits per heavy atom.